The summed E-state index contributed by atoms with van der Waals surface area (Å²) < 4.78 is 9.61. The summed E-state index contributed by atoms with van der Waals surface area (Å²) in [5.41, 5.74) is 0. The van der Waals surface area contributed by atoms with Gasteiger partial charge < -0.3 is 9.47 Å². The molecular formula is C8H9ClN2O3. The molecule has 1 aromatic rings. The van der Waals surface area contributed by atoms with E-state index in [-0.39, 0.29) is 11.2 Å². The van der Waals surface area contributed by atoms with Crippen LogP contribution in [0.15, 0.2) is 12.3 Å². The van der Waals surface area contributed by atoms with Crippen molar-refractivity contribution in [2.24, 2.45) is 0 Å². The van der Waals surface area contributed by atoms with Crippen LogP contribution in [0.25, 0.3) is 0 Å². The predicted octanol–water partition coefficient (Wildman–Crippen LogP) is 1.07. The fraction of sp³-hybridized carbons (Fsp3) is 0.375. The molecule has 1 aromatic heterocycles. The standard InChI is InChI=1S/C8H9ClN2O3/c1-5(7(12)13-2)14-6-3-4-10-8(9)11-6/h3-5H,1-2H3. The van der Waals surface area contributed by atoms with Crippen LogP contribution in [0.2, 0.25) is 5.28 Å². The molecule has 0 bridgehead atoms. The van der Waals surface area contributed by atoms with Crippen LogP contribution in [-0.4, -0.2) is 29.2 Å². The summed E-state index contributed by atoms with van der Waals surface area (Å²) in [5, 5.41) is 0.0690. The second-order valence-electron chi connectivity index (χ2n) is 2.45. The molecule has 0 aliphatic carbocycles. The van der Waals surface area contributed by atoms with Crippen molar-refractivity contribution < 1.29 is 14.3 Å². The lowest BCUT2D eigenvalue weighted by molar-refractivity contribution is -0.148. The summed E-state index contributed by atoms with van der Waals surface area (Å²) in [5.74, 6) is -0.234. The first-order valence-electron chi connectivity index (χ1n) is 3.86. The van der Waals surface area contributed by atoms with E-state index in [9.17, 15) is 4.79 Å². The Morgan fingerprint density at radius 2 is 2.36 bits per heavy atom. The van der Waals surface area contributed by atoms with Crippen LogP contribution in [0, 0.1) is 0 Å². The van der Waals surface area contributed by atoms with E-state index in [4.69, 9.17) is 16.3 Å². The van der Waals surface area contributed by atoms with E-state index in [1.165, 1.54) is 19.4 Å². The summed E-state index contributed by atoms with van der Waals surface area (Å²) in [6, 6.07) is 1.51. The lowest BCUT2D eigenvalue weighted by Gasteiger charge is -2.10. The zero-order valence-electron chi connectivity index (χ0n) is 7.73. The molecule has 0 saturated carbocycles. The van der Waals surface area contributed by atoms with Gasteiger partial charge in [0.15, 0.2) is 6.10 Å². The number of hydrogen-bond acceptors (Lipinski definition) is 5. The molecular weight excluding hydrogens is 208 g/mol. The molecule has 0 fully saturated rings. The Labute approximate surface area is 86.0 Å². The number of nitrogens with zero attached hydrogens (tertiary/aromatic N) is 2. The fourth-order valence-corrected chi connectivity index (χ4v) is 0.920. The van der Waals surface area contributed by atoms with Crippen molar-refractivity contribution in [2.75, 3.05) is 7.11 Å². The van der Waals surface area contributed by atoms with Gasteiger partial charge in [0.05, 0.1) is 7.11 Å². The van der Waals surface area contributed by atoms with Gasteiger partial charge in [-0.25, -0.2) is 9.78 Å². The summed E-state index contributed by atoms with van der Waals surface area (Å²) in [6.45, 7) is 1.56. The van der Waals surface area contributed by atoms with Crippen molar-refractivity contribution in [2.45, 2.75) is 13.0 Å². The van der Waals surface area contributed by atoms with Gasteiger partial charge in [-0.2, -0.15) is 4.98 Å². The van der Waals surface area contributed by atoms with Crippen molar-refractivity contribution in [1.29, 1.82) is 0 Å². The largest absolute Gasteiger partial charge is 0.466 e. The number of methoxy groups -OCH3 is 1. The highest BCUT2D eigenvalue weighted by Crippen LogP contribution is 2.10. The molecule has 0 aromatic carbocycles. The number of hydrogen-bond donors (Lipinski definition) is 0. The van der Waals surface area contributed by atoms with Crippen molar-refractivity contribution in [3.63, 3.8) is 0 Å². The monoisotopic (exact) mass is 216 g/mol. The number of carbonyl (C=O) groups is 1. The topological polar surface area (TPSA) is 61.3 Å². The first kappa shape index (κ1) is 10.7. The van der Waals surface area contributed by atoms with Gasteiger partial charge in [-0.1, -0.05) is 0 Å². The van der Waals surface area contributed by atoms with Gasteiger partial charge in [0.2, 0.25) is 11.2 Å². The lowest BCUT2D eigenvalue weighted by Crippen LogP contribution is -2.25. The maximum Gasteiger partial charge on any atom is 0.346 e. The summed E-state index contributed by atoms with van der Waals surface area (Å²) in [7, 11) is 1.29. The zero-order valence-corrected chi connectivity index (χ0v) is 8.49. The Morgan fingerprint density at radius 1 is 1.64 bits per heavy atom. The number of carbonyl (C=O) groups excluding carboxylic acids is 1. The molecule has 14 heavy (non-hydrogen) atoms. The van der Waals surface area contributed by atoms with E-state index < -0.39 is 12.1 Å². The van der Waals surface area contributed by atoms with Crippen LogP contribution in [0.3, 0.4) is 0 Å². The second-order valence-corrected chi connectivity index (χ2v) is 2.79. The minimum absolute atomic E-state index is 0.0690. The van der Waals surface area contributed by atoms with E-state index in [1.54, 1.807) is 6.92 Å². The molecule has 6 heteroatoms. The quantitative estimate of drug-likeness (QED) is 0.559. The zero-order chi connectivity index (χ0) is 10.6. The molecule has 1 unspecified atom stereocenters. The summed E-state index contributed by atoms with van der Waals surface area (Å²) in [4.78, 5) is 18.4. The Hall–Kier alpha value is -1.36. The van der Waals surface area contributed by atoms with Crippen LogP contribution >= 0.6 is 11.6 Å². The van der Waals surface area contributed by atoms with Gasteiger partial charge in [-0.05, 0) is 18.5 Å². The summed E-state index contributed by atoms with van der Waals surface area (Å²) >= 11 is 5.52. The van der Waals surface area contributed by atoms with Crippen molar-refractivity contribution in [3.8, 4) is 5.88 Å². The Bertz CT molecular complexity index is 332. The highest BCUT2D eigenvalue weighted by Gasteiger charge is 2.15. The normalized spacial score (nSPS) is 11.9. The van der Waals surface area contributed by atoms with Crippen molar-refractivity contribution >= 4 is 17.6 Å². The molecule has 0 saturated heterocycles. The first-order valence-corrected chi connectivity index (χ1v) is 4.24. The minimum Gasteiger partial charge on any atom is -0.466 e. The predicted molar refractivity (Wildman–Crippen MR) is 49.1 cm³/mol. The third-order valence-corrected chi connectivity index (χ3v) is 1.61. The van der Waals surface area contributed by atoms with E-state index in [0.29, 0.717) is 0 Å². The average Bonchev–Trinajstić information content (AvgIpc) is 2.16. The molecule has 76 valence electrons. The number of rotatable bonds is 3. The number of halogens is 1. The van der Waals surface area contributed by atoms with Crippen LogP contribution in [0.4, 0.5) is 0 Å². The maximum atomic E-state index is 11.0. The molecule has 0 amide bonds. The Kier molecular flexibility index (Phi) is 3.64. The third-order valence-electron chi connectivity index (χ3n) is 1.43. The van der Waals surface area contributed by atoms with E-state index in [1.807, 2.05) is 0 Å². The van der Waals surface area contributed by atoms with E-state index in [0.717, 1.165) is 0 Å². The molecule has 1 rings (SSSR count). The van der Waals surface area contributed by atoms with Crippen LogP contribution in [-0.2, 0) is 9.53 Å². The molecule has 0 aliphatic rings. The molecule has 1 atom stereocenters. The molecule has 0 spiro atoms. The van der Waals surface area contributed by atoms with Crippen LogP contribution in [0.5, 0.6) is 5.88 Å². The smallest absolute Gasteiger partial charge is 0.346 e. The van der Waals surface area contributed by atoms with Gasteiger partial charge in [-0.3, -0.25) is 0 Å². The highest BCUT2D eigenvalue weighted by molar-refractivity contribution is 6.28. The average molecular weight is 217 g/mol. The second kappa shape index (κ2) is 4.76. The van der Waals surface area contributed by atoms with Crippen LogP contribution < -0.4 is 4.74 Å². The minimum atomic E-state index is -0.717. The van der Waals surface area contributed by atoms with E-state index >= 15 is 0 Å². The van der Waals surface area contributed by atoms with Gasteiger partial charge in [0.25, 0.3) is 0 Å². The van der Waals surface area contributed by atoms with Gasteiger partial charge >= 0.3 is 5.97 Å². The maximum absolute atomic E-state index is 11.0. The van der Waals surface area contributed by atoms with Crippen molar-refractivity contribution in [1.82, 2.24) is 9.97 Å². The molecule has 0 radical (unpaired) electrons. The molecule has 0 aliphatic heterocycles. The van der Waals surface area contributed by atoms with Crippen LogP contribution in [0.1, 0.15) is 6.92 Å². The number of ether oxygens (including phenoxy) is 2. The lowest BCUT2D eigenvalue weighted by atomic mass is 10.4. The highest BCUT2D eigenvalue weighted by atomic mass is 35.5. The first-order chi connectivity index (χ1) is 6.63. The fourth-order valence-electron chi connectivity index (χ4n) is 0.780. The van der Waals surface area contributed by atoms with Gasteiger partial charge in [0.1, 0.15) is 0 Å². The summed E-state index contributed by atoms with van der Waals surface area (Å²) in [6.07, 6.45) is 0.722. The van der Waals surface area contributed by atoms with Gasteiger partial charge in [0, 0.05) is 12.3 Å². The number of aromatic nitrogens is 2. The van der Waals surface area contributed by atoms with E-state index in [2.05, 4.69) is 14.7 Å². The number of esters is 1. The third kappa shape index (κ3) is 2.85. The molecule has 5 nitrogen and oxygen atoms in total. The SMILES string of the molecule is COC(=O)C(C)Oc1ccnc(Cl)n1. The molecule has 0 N–H and O–H groups in total. The Balaban J connectivity index is 2.64. The van der Waals surface area contributed by atoms with Crippen molar-refractivity contribution in [3.05, 3.63) is 17.5 Å². The molecule has 1 heterocycles. The Morgan fingerprint density at radius 3 is 2.93 bits per heavy atom. The van der Waals surface area contributed by atoms with Gasteiger partial charge in [-0.15, -0.1) is 0 Å².